The number of amides is 2. The summed E-state index contributed by atoms with van der Waals surface area (Å²) < 4.78 is 0. The van der Waals surface area contributed by atoms with Gasteiger partial charge in [-0.1, -0.05) is 0 Å². The molecule has 1 fully saturated rings. The maximum atomic E-state index is 13.3. The summed E-state index contributed by atoms with van der Waals surface area (Å²) in [6.45, 7) is 5.38. The van der Waals surface area contributed by atoms with E-state index in [9.17, 15) is 9.59 Å². The first-order valence-electron chi connectivity index (χ1n) is 10.4. The third-order valence-electron chi connectivity index (χ3n) is 5.93. The Hall–Kier alpha value is -2.55. The summed E-state index contributed by atoms with van der Waals surface area (Å²) in [7, 11) is 3.92. The molecule has 30 heavy (non-hydrogen) atoms. The lowest BCUT2D eigenvalue weighted by molar-refractivity contribution is -0.129. The Labute approximate surface area is 180 Å². The Balaban J connectivity index is 1.72. The highest BCUT2D eigenvalue weighted by molar-refractivity contribution is 7.11. The molecule has 0 N–H and O–H groups in total. The van der Waals surface area contributed by atoms with Gasteiger partial charge in [-0.05, 0) is 26.2 Å². The van der Waals surface area contributed by atoms with Gasteiger partial charge in [0.15, 0.2) is 5.82 Å². The molecule has 0 unspecified atom stereocenters. The molecule has 4 heterocycles. The second-order valence-electron chi connectivity index (χ2n) is 8.19. The van der Waals surface area contributed by atoms with Crippen molar-refractivity contribution in [1.82, 2.24) is 24.8 Å². The van der Waals surface area contributed by atoms with Crippen molar-refractivity contribution in [3.05, 3.63) is 33.2 Å². The van der Waals surface area contributed by atoms with Crippen molar-refractivity contribution >= 4 is 29.0 Å². The summed E-state index contributed by atoms with van der Waals surface area (Å²) >= 11 is 1.39. The molecule has 0 aliphatic carbocycles. The molecular formula is C21H28N6O2S. The van der Waals surface area contributed by atoms with Crippen LogP contribution in [0.2, 0.25) is 0 Å². The van der Waals surface area contributed by atoms with Gasteiger partial charge < -0.3 is 14.7 Å². The lowest BCUT2D eigenvalue weighted by Gasteiger charge is -2.36. The molecule has 4 rings (SSSR count). The molecule has 0 saturated carbocycles. The van der Waals surface area contributed by atoms with Crippen LogP contribution in [-0.2, 0) is 17.8 Å². The molecule has 0 radical (unpaired) electrons. The fourth-order valence-corrected chi connectivity index (χ4v) is 5.04. The van der Waals surface area contributed by atoms with Crippen molar-refractivity contribution in [1.29, 1.82) is 0 Å². The van der Waals surface area contributed by atoms with E-state index in [-0.39, 0.29) is 17.9 Å². The van der Waals surface area contributed by atoms with E-state index >= 15 is 0 Å². The molecule has 0 bridgehead atoms. The van der Waals surface area contributed by atoms with Crippen LogP contribution in [0, 0.1) is 6.92 Å². The summed E-state index contributed by atoms with van der Waals surface area (Å²) in [5.74, 6) is 1.64. The molecule has 2 aliphatic heterocycles. The molecule has 8 nitrogen and oxygen atoms in total. The molecule has 1 atom stereocenters. The number of fused-ring (bicyclic) bond motifs is 1. The Morgan fingerprint density at radius 3 is 2.67 bits per heavy atom. The van der Waals surface area contributed by atoms with Crippen molar-refractivity contribution < 1.29 is 9.59 Å². The molecule has 160 valence electrons. The van der Waals surface area contributed by atoms with Gasteiger partial charge in [-0.25, -0.2) is 15.0 Å². The second-order valence-corrected chi connectivity index (χ2v) is 9.05. The number of carbonyl (C=O) groups is 2. The predicted octanol–water partition coefficient (Wildman–Crippen LogP) is 2.58. The smallest absolute Gasteiger partial charge is 0.266 e. The monoisotopic (exact) mass is 428 g/mol. The number of rotatable bonds is 3. The van der Waals surface area contributed by atoms with Crippen molar-refractivity contribution in [2.45, 2.75) is 52.1 Å². The Morgan fingerprint density at radius 2 is 2.00 bits per heavy atom. The van der Waals surface area contributed by atoms with Crippen LogP contribution in [0.5, 0.6) is 0 Å². The largest absolute Gasteiger partial charge is 0.362 e. The average Bonchev–Trinajstić information content (AvgIpc) is 3.17. The minimum absolute atomic E-state index is 0.0233. The van der Waals surface area contributed by atoms with E-state index in [1.54, 1.807) is 12.4 Å². The minimum atomic E-state index is -0.136. The van der Waals surface area contributed by atoms with Crippen LogP contribution in [0.4, 0.5) is 5.82 Å². The second kappa shape index (κ2) is 8.29. The molecule has 0 spiro atoms. The van der Waals surface area contributed by atoms with Gasteiger partial charge in [-0.15, -0.1) is 11.3 Å². The molecule has 0 aromatic carbocycles. The van der Waals surface area contributed by atoms with Crippen molar-refractivity contribution in [2.24, 2.45) is 0 Å². The zero-order chi connectivity index (χ0) is 21.4. The van der Waals surface area contributed by atoms with Crippen LogP contribution in [0.1, 0.15) is 64.7 Å². The van der Waals surface area contributed by atoms with E-state index in [1.165, 1.54) is 11.3 Å². The van der Waals surface area contributed by atoms with Gasteiger partial charge in [0.25, 0.3) is 5.91 Å². The number of aromatic nitrogens is 3. The summed E-state index contributed by atoms with van der Waals surface area (Å²) in [4.78, 5) is 45.7. The van der Waals surface area contributed by atoms with Gasteiger partial charge in [0.05, 0.1) is 29.5 Å². The molecule has 2 aromatic heterocycles. The predicted molar refractivity (Wildman–Crippen MR) is 116 cm³/mol. The van der Waals surface area contributed by atoms with E-state index in [1.807, 2.05) is 35.7 Å². The zero-order valence-corrected chi connectivity index (χ0v) is 18.8. The number of thiazole rings is 1. The first-order chi connectivity index (χ1) is 14.4. The third kappa shape index (κ3) is 3.78. The quantitative estimate of drug-likeness (QED) is 0.747. The average molecular weight is 429 g/mol. The van der Waals surface area contributed by atoms with Crippen LogP contribution >= 0.6 is 11.3 Å². The first-order valence-corrected chi connectivity index (χ1v) is 11.3. The standard InChI is InChI=1S/C21H28N6O2S/c1-13-18(30-12-22-13)21(29)27-9-6-5-7-17(27)19-23-16-8-10-26(14(2)28)11-15(16)20(24-19)25(3)4/h12,17H,5-11H2,1-4H3/t17-/m0/s1. The van der Waals surface area contributed by atoms with Gasteiger partial charge in [-0.2, -0.15) is 0 Å². The van der Waals surface area contributed by atoms with Crippen LogP contribution < -0.4 is 4.90 Å². The Morgan fingerprint density at radius 1 is 1.20 bits per heavy atom. The van der Waals surface area contributed by atoms with Crippen molar-refractivity contribution in [3.63, 3.8) is 0 Å². The topological polar surface area (TPSA) is 82.5 Å². The normalized spacial score (nSPS) is 18.9. The number of aryl methyl sites for hydroxylation is 1. The molecule has 9 heteroatoms. The number of nitrogens with zero attached hydrogens (tertiary/aromatic N) is 6. The van der Waals surface area contributed by atoms with E-state index in [4.69, 9.17) is 9.97 Å². The van der Waals surface area contributed by atoms with E-state index < -0.39 is 0 Å². The number of carbonyl (C=O) groups excluding carboxylic acids is 2. The van der Waals surface area contributed by atoms with Crippen molar-refractivity contribution in [2.75, 3.05) is 32.1 Å². The molecule has 1 saturated heterocycles. The van der Waals surface area contributed by atoms with Crippen molar-refractivity contribution in [3.8, 4) is 0 Å². The van der Waals surface area contributed by atoms with Gasteiger partial charge in [-0.3, -0.25) is 9.59 Å². The highest BCUT2D eigenvalue weighted by Gasteiger charge is 2.34. The molecular weight excluding hydrogens is 400 g/mol. The van der Waals surface area contributed by atoms with E-state index in [0.29, 0.717) is 36.8 Å². The zero-order valence-electron chi connectivity index (χ0n) is 18.0. The maximum Gasteiger partial charge on any atom is 0.266 e. The Bertz CT molecular complexity index is 972. The van der Waals surface area contributed by atoms with Crippen LogP contribution in [0.3, 0.4) is 0 Å². The van der Waals surface area contributed by atoms with E-state index in [0.717, 1.165) is 42.0 Å². The number of anilines is 1. The molecule has 2 aromatic rings. The number of hydrogen-bond acceptors (Lipinski definition) is 7. The molecule has 2 aliphatic rings. The lowest BCUT2D eigenvalue weighted by atomic mass is 9.99. The first kappa shape index (κ1) is 20.7. The number of piperidine rings is 1. The maximum absolute atomic E-state index is 13.3. The fourth-order valence-electron chi connectivity index (χ4n) is 4.28. The fraction of sp³-hybridized carbons (Fsp3) is 0.571. The van der Waals surface area contributed by atoms with Gasteiger partial charge in [0, 0.05) is 46.1 Å². The molecule has 2 amide bonds. The summed E-state index contributed by atoms with van der Waals surface area (Å²) in [5.41, 5.74) is 4.51. The van der Waals surface area contributed by atoms with Crippen LogP contribution in [0.15, 0.2) is 5.51 Å². The minimum Gasteiger partial charge on any atom is -0.362 e. The van der Waals surface area contributed by atoms with Crippen LogP contribution in [0.25, 0.3) is 0 Å². The van der Waals surface area contributed by atoms with E-state index in [2.05, 4.69) is 4.98 Å². The van der Waals surface area contributed by atoms with Gasteiger partial charge >= 0.3 is 0 Å². The van der Waals surface area contributed by atoms with Crippen LogP contribution in [-0.4, -0.2) is 63.8 Å². The summed E-state index contributed by atoms with van der Waals surface area (Å²) in [6.07, 6.45) is 3.60. The number of hydrogen-bond donors (Lipinski definition) is 0. The lowest BCUT2D eigenvalue weighted by Crippen LogP contribution is -2.40. The third-order valence-corrected chi connectivity index (χ3v) is 6.84. The number of likely N-dealkylation sites (tertiary alicyclic amines) is 1. The highest BCUT2D eigenvalue weighted by atomic mass is 32.1. The highest BCUT2D eigenvalue weighted by Crippen LogP contribution is 2.34. The summed E-state index contributed by atoms with van der Waals surface area (Å²) in [5, 5.41) is 0. The van der Waals surface area contributed by atoms with Gasteiger partial charge in [0.1, 0.15) is 10.7 Å². The SMILES string of the molecule is CC(=O)N1CCc2nc([C@@H]3CCCCN3C(=O)c3scnc3C)nc(N(C)C)c2C1. The summed E-state index contributed by atoms with van der Waals surface area (Å²) in [6, 6.07) is -0.136. The van der Waals surface area contributed by atoms with Gasteiger partial charge in [0.2, 0.25) is 5.91 Å². The Kier molecular flexibility index (Phi) is 5.73.